The number of hydrogen-bond donors (Lipinski definition) is 1. The zero-order valence-corrected chi connectivity index (χ0v) is 12.1. The van der Waals surface area contributed by atoms with E-state index < -0.39 is 0 Å². The highest BCUT2D eigenvalue weighted by Gasteiger charge is 2.21. The molecule has 1 aromatic heterocycles. The lowest BCUT2D eigenvalue weighted by atomic mass is 9.91. The predicted molar refractivity (Wildman–Crippen MR) is 83.4 cm³/mol. The van der Waals surface area contributed by atoms with Crippen molar-refractivity contribution in [3.05, 3.63) is 42.1 Å². The maximum atomic E-state index is 6.00. The van der Waals surface area contributed by atoms with Crippen molar-refractivity contribution in [1.82, 2.24) is 9.88 Å². The first-order valence-electron chi connectivity index (χ1n) is 7.55. The average Bonchev–Trinajstić information content (AvgIpc) is 2.48. The molecular weight excluding hydrogens is 246 g/mol. The Bertz CT molecular complexity index is 571. The number of benzene rings is 1. The molecule has 3 rings (SSSR count). The minimum atomic E-state index is 0.330. The van der Waals surface area contributed by atoms with E-state index in [0.717, 1.165) is 25.2 Å². The molecule has 1 aliphatic rings. The highest BCUT2D eigenvalue weighted by Crippen LogP contribution is 2.21. The summed E-state index contributed by atoms with van der Waals surface area (Å²) < 4.78 is 0. The number of para-hydroxylation sites is 1. The van der Waals surface area contributed by atoms with Gasteiger partial charge < -0.3 is 5.73 Å². The van der Waals surface area contributed by atoms with Crippen LogP contribution in [0.15, 0.2) is 36.4 Å². The summed E-state index contributed by atoms with van der Waals surface area (Å²) in [7, 11) is 0. The summed E-state index contributed by atoms with van der Waals surface area (Å²) in [4.78, 5) is 7.25. The van der Waals surface area contributed by atoms with Crippen molar-refractivity contribution in [3.63, 3.8) is 0 Å². The van der Waals surface area contributed by atoms with Gasteiger partial charge in [0.1, 0.15) is 0 Å². The van der Waals surface area contributed by atoms with Crippen molar-refractivity contribution in [1.29, 1.82) is 0 Å². The Morgan fingerprint density at radius 1 is 1.20 bits per heavy atom. The van der Waals surface area contributed by atoms with E-state index in [-0.39, 0.29) is 0 Å². The van der Waals surface area contributed by atoms with Gasteiger partial charge in [-0.1, -0.05) is 24.3 Å². The molecule has 0 saturated carbocycles. The zero-order valence-electron chi connectivity index (χ0n) is 12.1. The lowest BCUT2D eigenvalue weighted by Crippen LogP contribution is -2.39. The molecule has 0 amide bonds. The van der Waals surface area contributed by atoms with Crippen LogP contribution in [-0.2, 0) is 6.54 Å². The summed E-state index contributed by atoms with van der Waals surface area (Å²) in [5.41, 5.74) is 8.26. The molecule has 0 aliphatic carbocycles. The van der Waals surface area contributed by atoms with Crippen molar-refractivity contribution in [2.75, 3.05) is 13.1 Å². The maximum absolute atomic E-state index is 6.00. The van der Waals surface area contributed by atoms with Gasteiger partial charge in [-0.2, -0.15) is 0 Å². The van der Waals surface area contributed by atoms with Crippen LogP contribution in [-0.4, -0.2) is 29.0 Å². The first-order chi connectivity index (χ1) is 9.72. The summed E-state index contributed by atoms with van der Waals surface area (Å²) in [6.45, 7) is 5.36. The fourth-order valence-electron chi connectivity index (χ4n) is 3.06. The second kappa shape index (κ2) is 5.90. The number of aromatic nitrogens is 1. The van der Waals surface area contributed by atoms with Gasteiger partial charge in [0.25, 0.3) is 0 Å². The number of hydrogen-bond acceptors (Lipinski definition) is 3. The second-order valence-electron chi connectivity index (χ2n) is 5.97. The van der Waals surface area contributed by atoms with Crippen LogP contribution in [0.1, 0.15) is 25.5 Å². The van der Waals surface area contributed by atoms with Crippen molar-refractivity contribution in [3.8, 4) is 0 Å². The van der Waals surface area contributed by atoms with E-state index in [2.05, 4.69) is 42.2 Å². The van der Waals surface area contributed by atoms with Crippen LogP contribution in [0.5, 0.6) is 0 Å². The molecule has 1 aliphatic heterocycles. The quantitative estimate of drug-likeness (QED) is 0.931. The molecule has 2 aromatic rings. The van der Waals surface area contributed by atoms with E-state index in [1.807, 2.05) is 6.07 Å². The van der Waals surface area contributed by atoms with Crippen molar-refractivity contribution in [2.45, 2.75) is 32.4 Å². The van der Waals surface area contributed by atoms with Crippen LogP contribution in [0.25, 0.3) is 10.9 Å². The Balaban J connectivity index is 1.65. The van der Waals surface area contributed by atoms with Crippen LogP contribution in [0.4, 0.5) is 0 Å². The van der Waals surface area contributed by atoms with E-state index in [4.69, 9.17) is 10.7 Å². The summed E-state index contributed by atoms with van der Waals surface area (Å²) >= 11 is 0. The summed E-state index contributed by atoms with van der Waals surface area (Å²) in [6.07, 6.45) is 2.43. The molecule has 1 aromatic carbocycles. The number of pyridine rings is 1. The van der Waals surface area contributed by atoms with Gasteiger partial charge in [-0.05, 0) is 50.9 Å². The van der Waals surface area contributed by atoms with Crippen LogP contribution >= 0.6 is 0 Å². The Morgan fingerprint density at radius 2 is 1.95 bits per heavy atom. The maximum Gasteiger partial charge on any atom is 0.0705 e. The van der Waals surface area contributed by atoms with Crippen LogP contribution < -0.4 is 5.73 Å². The standard InChI is InChI=1S/C17H23N3/c1-13(18)14-8-10-20(11-9-14)12-16-7-6-15-4-2-3-5-17(15)19-16/h2-7,13-14H,8-12,18H2,1H3. The molecule has 3 nitrogen and oxygen atoms in total. The normalized spacial score (nSPS) is 19.3. The van der Waals surface area contributed by atoms with E-state index >= 15 is 0 Å². The number of nitrogens with zero attached hydrogens (tertiary/aromatic N) is 2. The minimum absolute atomic E-state index is 0.330. The van der Waals surface area contributed by atoms with Crippen LogP contribution in [0.2, 0.25) is 0 Å². The number of rotatable bonds is 3. The Morgan fingerprint density at radius 3 is 2.70 bits per heavy atom. The van der Waals surface area contributed by atoms with Crippen LogP contribution in [0, 0.1) is 5.92 Å². The molecule has 3 heteroatoms. The predicted octanol–water partition coefficient (Wildman–Crippen LogP) is 2.79. The molecule has 0 spiro atoms. The summed E-state index contributed by atoms with van der Waals surface area (Å²) in [6, 6.07) is 13.0. The third-order valence-electron chi connectivity index (χ3n) is 4.42. The van der Waals surface area contributed by atoms with Crippen LogP contribution in [0.3, 0.4) is 0 Å². The highest BCUT2D eigenvalue weighted by molar-refractivity contribution is 5.78. The SMILES string of the molecule is CC(N)C1CCN(Cc2ccc3ccccc3n2)CC1. The number of likely N-dealkylation sites (tertiary alicyclic amines) is 1. The van der Waals surface area contributed by atoms with Gasteiger partial charge in [-0.15, -0.1) is 0 Å². The largest absolute Gasteiger partial charge is 0.328 e. The monoisotopic (exact) mass is 269 g/mol. The minimum Gasteiger partial charge on any atom is -0.328 e. The van der Waals surface area contributed by atoms with Crippen molar-refractivity contribution >= 4 is 10.9 Å². The molecule has 0 bridgehead atoms. The number of nitrogens with two attached hydrogens (primary N) is 1. The lowest BCUT2D eigenvalue weighted by Gasteiger charge is -2.33. The lowest BCUT2D eigenvalue weighted by molar-refractivity contribution is 0.164. The van der Waals surface area contributed by atoms with E-state index in [0.29, 0.717) is 12.0 Å². The Hall–Kier alpha value is -1.45. The third-order valence-corrected chi connectivity index (χ3v) is 4.42. The first kappa shape index (κ1) is 13.5. The third kappa shape index (κ3) is 3.00. The molecule has 1 saturated heterocycles. The molecule has 106 valence electrons. The molecule has 0 radical (unpaired) electrons. The topological polar surface area (TPSA) is 42.1 Å². The zero-order chi connectivity index (χ0) is 13.9. The molecular formula is C17H23N3. The summed E-state index contributed by atoms with van der Waals surface area (Å²) in [5.74, 6) is 0.691. The van der Waals surface area contributed by atoms with E-state index in [1.54, 1.807) is 0 Å². The second-order valence-corrected chi connectivity index (χ2v) is 5.97. The van der Waals surface area contributed by atoms with E-state index in [9.17, 15) is 0 Å². The average molecular weight is 269 g/mol. The number of piperidine rings is 1. The van der Waals surface area contributed by atoms with Crippen molar-refractivity contribution in [2.24, 2.45) is 11.7 Å². The fraction of sp³-hybridized carbons (Fsp3) is 0.471. The molecule has 1 fully saturated rings. The highest BCUT2D eigenvalue weighted by atomic mass is 15.1. The van der Waals surface area contributed by atoms with E-state index in [1.165, 1.54) is 23.9 Å². The number of fused-ring (bicyclic) bond motifs is 1. The molecule has 20 heavy (non-hydrogen) atoms. The van der Waals surface area contributed by atoms with Gasteiger partial charge in [0.05, 0.1) is 11.2 Å². The smallest absolute Gasteiger partial charge is 0.0705 e. The molecule has 2 N–H and O–H groups in total. The summed E-state index contributed by atoms with van der Waals surface area (Å²) in [5, 5.41) is 1.21. The van der Waals surface area contributed by atoms with Gasteiger partial charge in [0, 0.05) is 18.0 Å². The van der Waals surface area contributed by atoms with Gasteiger partial charge in [0.2, 0.25) is 0 Å². The first-order valence-corrected chi connectivity index (χ1v) is 7.55. The Kier molecular flexibility index (Phi) is 3.99. The van der Waals surface area contributed by atoms with Gasteiger partial charge >= 0.3 is 0 Å². The molecule has 1 atom stereocenters. The van der Waals surface area contributed by atoms with Gasteiger partial charge in [-0.3, -0.25) is 9.88 Å². The van der Waals surface area contributed by atoms with Gasteiger partial charge in [-0.25, -0.2) is 0 Å². The molecule has 2 heterocycles. The Labute approximate surface area is 120 Å². The molecule has 1 unspecified atom stereocenters. The van der Waals surface area contributed by atoms with Crippen molar-refractivity contribution < 1.29 is 0 Å². The fourth-order valence-corrected chi connectivity index (χ4v) is 3.06. The van der Waals surface area contributed by atoms with Gasteiger partial charge in [0.15, 0.2) is 0 Å².